The van der Waals surface area contributed by atoms with Crippen LogP contribution in [-0.4, -0.2) is 4.98 Å². The minimum absolute atomic E-state index is 0.571. The fraction of sp³-hybridized carbons (Fsp3) is 0. The van der Waals surface area contributed by atoms with Crippen molar-refractivity contribution in [2.45, 2.75) is 0 Å². The van der Waals surface area contributed by atoms with Crippen molar-refractivity contribution in [2.75, 3.05) is 0 Å². The summed E-state index contributed by atoms with van der Waals surface area (Å²) in [5.74, 6) is 0. The molecule has 0 unspecified atom stereocenters. The van der Waals surface area contributed by atoms with Gasteiger partial charge in [0.05, 0.1) is 0 Å². The van der Waals surface area contributed by atoms with E-state index in [-0.39, 0.29) is 0 Å². The molecular formula is C13H8ClNS. The minimum atomic E-state index is 0.571. The average molecular weight is 246 g/mol. The molecule has 0 aliphatic heterocycles. The van der Waals surface area contributed by atoms with Gasteiger partial charge in [-0.1, -0.05) is 41.9 Å². The Kier molecular flexibility index (Phi) is 2.39. The molecule has 0 spiro atoms. The van der Waals surface area contributed by atoms with Gasteiger partial charge in [-0.2, -0.15) is 0 Å². The molecular weight excluding hydrogens is 238 g/mol. The van der Waals surface area contributed by atoms with Gasteiger partial charge < -0.3 is 0 Å². The first-order valence-corrected chi connectivity index (χ1v) is 6.19. The Hall–Kier alpha value is -1.38. The smallest absolute Gasteiger partial charge is 0.138 e. The van der Waals surface area contributed by atoms with Crippen molar-refractivity contribution in [1.82, 2.24) is 4.98 Å². The van der Waals surface area contributed by atoms with Crippen molar-refractivity contribution in [2.24, 2.45) is 0 Å². The zero-order chi connectivity index (χ0) is 11.0. The molecule has 0 bridgehead atoms. The Morgan fingerprint density at radius 3 is 2.69 bits per heavy atom. The Balaban J connectivity index is 2.27. The molecule has 78 valence electrons. The molecule has 0 saturated heterocycles. The van der Waals surface area contributed by atoms with Gasteiger partial charge in [0, 0.05) is 10.9 Å². The SMILES string of the molecule is Clc1nc2sccc2cc1-c1ccccc1. The lowest BCUT2D eigenvalue weighted by Gasteiger charge is -2.03. The number of benzene rings is 1. The number of thiophene rings is 1. The Bertz CT molecular complexity index is 631. The predicted octanol–water partition coefficient (Wildman–Crippen LogP) is 4.62. The van der Waals surface area contributed by atoms with Gasteiger partial charge in [-0.25, -0.2) is 4.98 Å². The van der Waals surface area contributed by atoms with E-state index in [1.807, 2.05) is 35.7 Å². The Morgan fingerprint density at radius 2 is 1.88 bits per heavy atom. The van der Waals surface area contributed by atoms with Crippen LogP contribution in [0.5, 0.6) is 0 Å². The first-order valence-electron chi connectivity index (χ1n) is 4.94. The lowest BCUT2D eigenvalue weighted by atomic mass is 10.1. The summed E-state index contributed by atoms with van der Waals surface area (Å²) in [4.78, 5) is 5.39. The first-order chi connectivity index (χ1) is 7.84. The number of fused-ring (bicyclic) bond motifs is 1. The molecule has 1 nitrogen and oxygen atoms in total. The topological polar surface area (TPSA) is 12.9 Å². The molecule has 3 heteroatoms. The molecule has 16 heavy (non-hydrogen) atoms. The van der Waals surface area contributed by atoms with E-state index >= 15 is 0 Å². The molecule has 0 saturated carbocycles. The second-order valence-electron chi connectivity index (χ2n) is 3.51. The summed E-state index contributed by atoms with van der Waals surface area (Å²) in [6.45, 7) is 0. The quantitative estimate of drug-likeness (QED) is 0.570. The second kappa shape index (κ2) is 3.89. The van der Waals surface area contributed by atoms with E-state index in [9.17, 15) is 0 Å². The van der Waals surface area contributed by atoms with Crippen LogP contribution in [0.3, 0.4) is 0 Å². The summed E-state index contributed by atoms with van der Waals surface area (Å²) < 4.78 is 0. The number of aromatic nitrogens is 1. The lowest BCUT2D eigenvalue weighted by Crippen LogP contribution is -1.82. The van der Waals surface area contributed by atoms with Crippen molar-refractivity contribution < 1.29 is 0 Å². The summed E-state index contributed by atoms with van der Waals surface area (Å²) in [6.07, 6.45) is 0. The van der Waals surface area contributed by atoms with Gasteiger partial charge in [-0.15, -0.1) is 11.3 Å². The van der Waals surface area contributed by atoms with Crippen molar-refractivity contribution in [3.8, 4) is 11.1 Å². The summed E-state index contributed by atoms with van der Waals surface area (Å²) >= 11 is 7.80. The molecule has 3 aromatic rings. The highest BCUT2D eigenvalue weighted by Crippen LogP contribution is 2.31. The van der Waals surface area contributed by atoms with Gasteiger partial charge in [-0.05, 0) is 23.1 Å². The molecule has 0 aliphatic rings. The molecule has 0 radical (unpaired) electrons. The van der Waals surface area contributed by atoms with Gasteiger partial charge in [0.15, 0.2) is 0 Å². The third-order valence-corrected chi connectivity index (χ3v) is 3.59. The van der Waals surface area contributed by atoms with E-state index in [0.717, 1.165) is 21.3 Å². The van der Waals surface area contributed by atoms with Crippen molar-refractivity contribution >= 4 is 33.2 Å². The number of pyridine rings is 1. The van der Waals surface area contributed by atoms with Gasteiger partial charge in [0.1, 0.15) is 9.98 Å². The summed E-state index contributed by atoms with van der Waals surface area (Å²) in [5, 5.41) is 3.75. The van der Waals surface area contributed by atoms with Crippen LogP contribution in [-0.2, 0) is 0 Å². The average Bonchev–Trinajstić information content (AvgIpc) is 2.76. The molecule has 0 atom stereocenters. The predicted molar refractivity (Wildman–Crippen MR) is 70.1 cm³/mol. The lowest BCUT2D eigenvalue weighted by molar-refractivity contribution is 1.44. The van der Waals surface area contributed by atoms with Crippen LogP contribution in [0.25, 0.3) is 21.3 Å². The van der Waals surface area contributed by atoms with E-state index in [1.54, 1.807) is 11.3 Å². The standard InChI is InChI=1S/C13H8ClNS/c14-12-11(9-4-2-1-3-5-9)8-10-6-7-16-13(10)15-12/h1-8H. The zero-order valence-corrected chi connectivity index (χ0v) is 9.92. The maximum atomic E-state index is 6.19. The van der Waals surface area contributed by atoms with Gasteiger partial charge in [-0.3, -0.25) is 0 Å². The van der Waals surface area contributed by atoms with Crippen molar-refractivity contribution in [1.29, 1.82) is 0 Å². The highest BCUT2D eigenvalue weighted by molar-refractivity contribution is 7.16. The molecule has 1 aromatic carbocycles. The van der Waals surface area contributed by atoms with Crippen LogP contribution >= 0.6 is 22.9 Å². The van der Waals surface area contributed by atoms with Crippen LogP contribution in [0.4, 0.5) is 0 Å². The number of rotatable bonds is 1. The number of halogens is 1. The normalized spacial score (nSPS) is 10.8. The third kappa shape index (κ3) is 1.60. The van der Waals surface area contributed by atoms with Crippen LogP contribution < -0.4 is 0 Å². The van der Waals surface area contributed by atoms with E-state index in [4.69, 9.17) is 11.6 Å². The summed E-state index contributed by atoms with van der Waals surface area (Å²) in [6, 6.07) is 14.2. The van der Waals surface area contributed by atoms with Gasteiger partial charge in [0.25, 0.3) is 0 Å². The molecule has 3 rings (SSSR count). The van der Waals surface area contributed by atoms with Gasteiger partial charge in [0.2, 0.25) is 0 Å². The maximum Gasteiger partial charge on any atom is 0.138 e. The molecule has 2 heterocycles. The number of nitrogens with zero attached hydrogens (tertiary/aromatic N) is 1. The van der Waals surface area contributed by atoms with E-state index in [0.29, 0.717) is 5.15 Å². The fourth-order valence-corrected chi connectivity index (χ4v) is 2.75. The molecule has 0 fully saturated rings. The summed E-state index contributed by atoms with van der Waals surface area (Å²) in [7, 11) is 0. The Labute approximate surface area is 102 Å². The highest BCUT2D eigenvalue weighted by Gasteiger charge is 2.07. The second-order valence-corrected chi connectivity index (χ2v) is 4.76. The molecule has 2 aromatic heterocycles. The molecule has 0 aliphatic carbocycles. The van der Waals surface area contributed by atoms with Crippen LogP contribution in [0.1, 0.15) is 0 Å². The van der Waals surface area contributed by atoms with Crippen LogP contribution in [0.15, 0.2) is 47.8 Å². The number of hydrogen-bond donors (Lipinski definition) is 0. The van der Waals surface area contributed by atoms with E-state index < -0.39 is 0 Å². The van der Waals surface area contributed by atoms with Gasteiger partial charge >= 0.3 is 0 Å². The van der Waals surface area contributed by atoms with E-state index in [2.05, 4.69) is 17.1 Å². The molecule has 0 amide bonds. The fourth-order valence-electron chi connectivity index (χ4n) is 1.70. The van der Waals surface area contributed by atoms with Crippen molar-refractivity contribution in [3.05, 3.63) is 53.0 Å². The third-order valence-electron chi connectivity index (χ3n) is 2.48. The largest absolute Gasteiger partial charge is 0.225 e. The minimum Gasteiger partial charge on any atom is -0.225 e. The van der Waals surface area contributed by atoms with Crippen LogP contribution in [0, 0.1) is 0 Å². The highest BCUT2D eigenvalue weighted by atomic mass is 35.5. The van der Waals surface area contributed by atoms with E-state index in [1.165, 1.54) is 0 Å². The van der Waals surface area contributed by atoms with Crippen LogP contribution in [0.2, 0.25) is 5.15 Å². The summed E-state index contributed by atoms with van der Waals surface area (Å²) in [5.41, 5.74) is 2.10. The molecule has 0 N–H and O–H groups in total. The Morgan fingerprint density at radius 1 is 1.06 bits per heavy atom. The number of hydrogen-bond acceptors (Lipinski definition) is 2. The monoisotopic (exact) mass is 245 g/mol. The van der Waals surface area contributed by atoms with Crippen molar-refractivity contribution in [3.63, 3.8) is 0 Å². The first kappa shape index (κ1) is 9.82. The zero-order valence-electron chi connectivity index (χ0n) is 8.35. The maximum absolute atomic E-state index is 6.19.